The van der Waals surface area contributed by atoms with Gasteiger partial charge in [-0.05, 0) is 48.2 Å². The molecule has 0 atom stereocenters. The van der Waals surface area contributed by atoms with Crippen LogP contribution in [0.4, 0.5) is 10.2 Å². The molecule has 0 aliphatic rings. The van der Waals surface area contributed by atoms with Crippen LogP contribution in [0.25, 0.3) is 15.3 Å². The van der Waals surface area contributed by atoms with Crippen LogP contribution in [0.1, 0.15) is 42.4 Å². The lowest BCUT2D eigenvalue weighted by molar-refractivity contribution is 0.102. The molecule has 0 unspecified atom stereocenters. The third-order valence-corrected chi connectivity index (χ3v) is 5.60. The van der Waals surface area contributed by atoms with Gasteiger partial charge in [-0.25, -0.2) is 9.37 Å². The van der Waals surface area contributed by atoms with Crippen LogP contribution in [0.3, 0.4) is 0 Å². The standard InChI is InChI=1S/C22H21FN4OS/c1-13-11-19(25-20(28)14-5-7-15(8-6-14)22(2,3)4)27(26-13)21-24-17-10-9-16(23)12-18(17)29-21/h5-12H,1-4H3,(H,25,28). The Labute approximate surface area is 172 Å². The number of thiazole rings is 1. The number of carbonyl (C=O) groups excluding carboxylic acids is 1. The van der Waals surface area contributed by atoms with Gasteiger partial charge in [0.05, 0.1) is 15.9 Å². The minimum Gasteiger partial charge on any atom is -0.306 e. The molecule has 0 saturated carbocycles. The molecular formula is C22H21FN4OS. The minimum atomic E-state index is -0.309. The maximum absolute atomic E-state index is 13.5. The first kappa shape index (κ1) is 19.3. The zero-order chi connectivity index (χ0) is 20.8. The fourth-order valence-corrected chi connectivity index (χ4v) is 3.98. The van der Waals surface area contributed by atoms with Crippen molar-refractivity contribution in [2.75, 3.05) is 5.32 Å². The Balaban J connectivity index is 1.63. The molecule has 1 N–H and O–H groups in total. The number of rotatable bonds is 3. The molecule has 5 nitrogen and oxygen atoms in total. The molecule has 4 aromatic rings. The predicted molar refractivity (Wildman–Crippen MR) is 115 cm³/mol. The van der Waals surface area contributed by atoms with Gasteiger partial charge < -0.3 is 5.32 Å². The van der Waals surface area contributed by atoms with E-state index in [1.807, 2.05) is 31.2 Å². The van der Waals surface area contributed by atoms with Crippen LogP contribution in [-0.2, 0) is 5.41 Å². The average molecular weight is 409 g/mol. The second-order valence-electron chi connectivity index (χ2n) is 7.97. The second-order valence-corrected chi connectivity index (χ2v) is 8.98. The predicted octanol–water partition coefficient (Wildman–Crippen LogP) is 5.48. The van der Waals surface area contributed by atoms with Gasteiger partial charge in [0.1, 0.15) is 11.6 Å². The van der Waals surface area contributed by atoms with Crippen LogP contribution in [0.15, 0.2) is 48.5 Å². The van der Waals surface area contributed by atoms with Gasteiger partial charge in [-0.15, -0.1) is 0 Å². The van der Waals surface area contributed by atoms with E-state index >= 15 is 0 Å². The molecule has 148 valence electrons. The van der Waals surface area contributed by atoms with E-state index < -0.39 is 0 Å². The highest BCUT2D eigenvalue weighted by atomic mass is 32.1. The van der Waals surface area contributed by atoms with Crippen molar-refractivity contribution in [3.05, 3.63) is 71.2 Å². The summed E-state index contributed by atoms with van der Waals surface area (Å²) < 4.78 is 15.8. The van der Waals surface area contributed by atoms with Gasteiger partial charge in [-0.3, -0.25) is 4.79 Å². The molecule has 4 rings (SSSR count). The van der Waals surface area contributed by atoms with E-state index in [0.29, 0.717) is 22.0 Å². The number of anilines is 1. The fourth-order valence-electron chi connectivity index (χ4n) is 3.02. The van der Waals surface area contributed by atoms with Crippen molar-refractivity contribution in [1.82, 2.24) is 14.8 Å². The van der Waals surface area contributed by atoms with Crippen molar-refractivity contribution in [3.63, 3.8) is 0 Å². The first-order valence-electron chi connectivity index (χ1n) is 9.26. The number of aromatic nitrogens is 3. The number of benzene rings is 2. The van der Waals surface area contributed by atoms with Crippen molar-refractivity contribution < 1.29 is 9.18 Å². The maximum Gasteiger partial charge on any atom is 0.256 e. The molecule has 2 aromatic carbocycles. The first-order chi connectivity index (χ1) is 13.7. The molecular weight excluding hydrogens is 387 g/mol. The van der Waals surface area contributed by atoms with Crippen LogP contribution in [0.5, 0.6) is 0 Å². The zero-order valence-corrected chi connectivity index (χ0v) is 17.5. The average Bonchev–Trinajstić information content (AvgIpc) is 3.23. The normalized spacial score (nSPS) is 11.8. The maximum atomic E-state index is 13.5. The number of nitrogens with zero attached hydrogens (tertiary/aromatic N) is 3. The van der Waals surface area contributed by atoms with Crippen molar-refractivity contribution in [2.45, 2.75) is 33.1 Å². The Kier molecular flexibility index (Phi) is 4.70. The number of carbonyl (C=O) groups is 1. The third-order valence-electron chi connectivity index (χ3n) is 4.61. The molecule has 0 fully saturated rings. The van der Waals surface area contributed by atoms with Crippen molar-refractivity contribution in [1.29, 1.82) is 0 Å². The highest BCUT2D eigenvalue weighted by Crippen LogP contribution is 2.28. The van der Waals surface area contributed by atoms with Gasteiger partial charge in [0.25, 0.3) is 5.91 Å². The van der Waals surface area contributed by atoms with E-state index in [1.165, 1.54) is 23.5 Å². The topological polar surface area (TPSA) is 59.8 Å². The Bertz CT molecular complexity index is 1200. The van der Waals surface area contributed by atoms with E-state index in [-0.39, 0.29) is 17.1 Å². The largest absolute Gasteiger partial charge is 0.306 e. The number of hydrogen-bond donors (Lipinski definition) is 1. The molecule has 2 heterocycles. The molecule has 0 spiro atoms. The Hall–Kier alpha value is -3.06. The van der Waals surface area contributed by atoms with Gasteiger partial charge in [-0.2, -0.15) is 9.78 Å². The highest BCUT2D eigenvalue weighted by Gasteiger charge is 2.17. The summed E-state index contributed by atoms with van der Waals surface area (Å²) in [5.41, 5.74) is 3.19. The number of halogens is 1. The lowest BCUT2D eigenvalue weighted by Gasteiger charge is -2.19. The monoisotopic (exact) mass is 408 g/mol. The van der Waals surface area contributed by atoms with Crippen molar-refractivity contribution in [3.8, 4) is 5.13 Å². The molecule has 0 saturated heterocycles. The summed E-state index contributed by atoms with van der Waals surface area (Å²) >= 11 is 1.32. The van der Waals surface area contributed by atoms with Crippen LogP contribution in [0, 0.1) is 12.7 Å². The van der Waals surface area contributed by atoms with Crippen molar-refractivity contribution >= 4 is 33.3 Å². The summed E-state index contributed by atoms with van der Waals surface area (Å²) in [4.78, 5) is 17.3. The smallest absolute Gasteiger partial charge is 0.256 e. The zero-order valence-electron chi connectivity index (χ0n) is 16.7. The van der Waals surface area contributed by atoms with Gasteiger partial charge >= 0.3 is 0 Å². The van der Waals surface area contributed by atoms with E-state index in [2.05, 4.69) is 36.2 Å². The SMILES string of the molecule is Cc1cc(NC(=O)c2ccc(C(C)(C)C)cc2)n(-c2nc3ccc(F)cc3s2)n1. The van der Waals surface area contributed by atoms with E-state index in [0.717, 1.165) is 16.0 Å². The van der Waals surface area contributed by atoms with Gasteiger partial charge in [0, 0.05) is 11.6 Å². The molecule has 1 amide bonds. The molecule has 7 heteroatoms. The van der Waals surface area contributed by atoms with Crippen LogP contribution in [-0.4, -0.2) is 20.7 Å². The summed E-state index contributed by atoms with van der Waals surface area (Å²) in [6.07, 6.45) is 0. The molecule has 0 aliphatic heterocycles. The van der Waals surface area contributed by atoms with Crippen LogP contribution < -0.4 is 5.32 Å². The summed E-state index contributed by atoms with van der Waals surface area (Å²) in [6.45, 7) is 8.24. The van der Waals surface area contributed by atoms with E-state index in [4.69, 9.17) is 0 Å². The quantitative estimate of drug-likeness (QED) is 0.488. The summed E-state index contributed by atoms with van der Waals surface area (Å²) in [6, 6.07) is 13.8. The molecule has 0 bridgehead atoms. The van der Waals surface area contributed by atoms with E-state index in [1.54, 1.807) is 16.8 Å². The first-order valence-corrected chi connectivity index (χ1v) is 10.1. The number of hydrogen-bond acceptors (Lipinski definition) is 4. The highest BCUT2D eigenvalue weighted by molar-refractivity contribution is 7.20. The summed E-state index contributed by atoms with van der Waals surface area (Å²) in [7, 11) is 0. The lowest BCUT2D eigenvalue weighted by atomic mass is 9.87. The van der Waals surface area contributed by atoms with Gasteiger partial charge in [0.2, 0.25) is 5.13 Å². The summed E-state index contributed by atoms with van der Waals surface area (Å²) in [5.74, 6) is -0.0118. The fraction of sp³-hybridized carbons (Fsp3) is 0.227. The molecule has 0 radical (unpaired) electrons. The molecule has 2 aromatic heterocycles. The second kappa shape index (κ2) is 7.08. The molecule has 0 aliphatic carbocycles. The molecule has 29 heavy (non-hydrogen) atoms. The van der Waals surface area contributed by atoms with Crippen LogP contribution >= 0.6 is 11.3 Å². The van der Waals surface area contributed by atoms with E-state index in [9.17, 15) is 9.18 Å². The third kappa shape index (κ3) is 3.91. The van der Waals surface area contributed by atoms with Gasteiger partial charge in [0.15, 0.2) is 0 Å². The minimum absolute atomic E-state index is 0.0249. The number of aryl methyl sites for hydroxylation is 1. The Morgan fingerprint density at radius 1 is 1.10 bits per heavy atom. The number of amides is 1. The summed E-state index contributed by atoms with van der Waals surface area (Å²) in [5, 5.41) is 7.93. The number of nitrogens with one attached hydrogen (secondary N) is 1. The lowest BCUT2D eigenvalue weighted by Crippen LogP contribution is -2.16. The Morgan fingerprint density at radius 2 is 1.83 bits per heavy atom. The Morgan fingerprint density at radius 3 is 2.52 bits per heavy atom. The van der Waals surface area contributed by atoms with Gasteiger partial charge in [-0.1, -0.05) is 44.2 Å². The number of fused-ring (bicyclic) bond motifs is 1. The van der Waals surface area contributed by atoms with Crippen LogP contribution in [0.2, 0.25) is 0 Å². The van der Waals surface area contributed by atoms with Crippen molar-refractivity contribution in [2.24, 2.45) is 0 Å².